The maximum absolute atomic E-state index is 8.40. The molecule has 0 aliphatic heterocycles. The van der Waals surface area contributed by atoms with E-state index in [-0.39, 0.29) is 13.0 Å². The Balaban J connectivity index is 4.07. The summed E-state index contributed by atoms with van der Waals surface area (Å²) in [5, 5.41) is 8.40. The predicted octanol–water partition coefficient (Wildman–Crippen LogP) is 0.920. The predicted molar refractivity (Wildman–Crippen MR) is 46.9 cm³/mol. The van der Waals surface area contributed by atoms with E-state index in [2.05, 4.69) is 4.99 Å². The van der Waals surface area contributed by atoms with Crippen LogP contribution in [0.5, 0.6) is 0 Å². The van der Waals surface area contributed by atoms with Crippen molar-refractivity contribution in [2.75, 3.05) is 13.9 Å². The first-order valence-corrected chi connectivity index (χ1v) is 3.71. The molecular weight excluding hydrogens is 158 g/mol. The van der Waals surface area contributed by atoms with Gasteiger partial charge < -0.3 is 14.6 Å². The third kappa shape index (κ3) is 4.87. The van der Waals surface area contributed by atoms with Crippen molar-refractivity contribution < 1.29 is 14.6 Å². The van der Waals surface area contributed by atoms with E-state index in [4.69, 9.17) is 14.6 Å². The molecule has 70 valence electrons. The van der Waals surface area contributed by atoms with Gasteiger partial charge in [-0.1, -0.05) is 6.08 Å². The highest BCUT2D eigenvalue weighted by Gasteiger charge is 1.98. The summed E-state index contributed by atoms with van der Waals surface area (Å²) in [5.41, 5.74) is 0. The van der Waals surface area contributed by atoms with Gasteiger partial charge in [-0.05, 0) is 19.9 Å². The SMILES string of the molecule is C/C=C\C(=NC(C)OCO)OC. The van der Waals surface area contributed by atoms with Gasteiger partial charge in [0.1, 0.15) is 6.79 Å². The second-order valence-electron chi connectivity index (χ2n) is 2.07. The standard InChI is InChI=1S/C8H15NO3/c1-4-5-8(11-3)9-7(2)12-6-10/h4-5,7,10H,6H2,1-3H3/b5-4-,9-8?. The number of allylic oxidation sites excluding steroid dienone is 1. The fraction of sp³-hybridized carbons (Fsp3) is 0.625. The lowest BCUT2D eigenvalue weighted by atomic mass is 10.5. The maximum atomic E-state index is 8.40. The highest BCUT2D eigenvalue weighted by atomic mass is 16.6. The molecule has 0 aliphatic rings. The summed E-state index contributed by atoms with van der Waals surface area (Å²) in [6.45, 7) is 3.25. The van der Waals surface area contributed by atoms with Crippen LogP contribution < -0.4 is 0 Å². The van der Waals surface area contributed by atoms with Crippen molar-refractivity contribution >= 4 is 5.90 Å². The van der Waals surface area contributed by atoms with E-state index in [1.54, 1.807) is 13.0 Å². The molecule has 1 unspecified atom stereocenters. The molecule has 0 aliphatic carbocycles. The molecule has 0 saturated carbocycles. The van der Waals surface area contributed by atoms with E-state index in [9.17, 15) is 0 Å². The van der Waals surface area contributed by atoms with Crippen LogP contribution in [0.4, 0.5) is 0 Å². The van der Waals surface area contributed by atoms with Crippen molar-refractivity contribution in [1.82, 2.24) is 0 Å². The van der Waals surface area contributed by atoms with Crippen molar-refractivity contribution in [3.05, 3.63) is 12.2 Å². The summed E-state index contributed by atoms with van der Waals surface area (Å²) in [5.74, 6) is 0.485. The topological polar surface area (TPSA) is 51.0 Å². The largest absolute Gasteiger partial charge is 0.481 e. The highest BCUT2D eigenvalue weighted by Crippen LogP contribution is 1.94. The van der Waals surface area contributed by atoms with Gasteiger partial charge in [0.2, 0.25) is 5.90 Å². The number of aliphatic hydroxyl groups excluding tert-OH is 1. The van der Waals surface area contributed by atoms with Gasteiger partial charge in [0.05, 0.1) is 7.11 Å². The van der Waals surface area contributed by atoms with Crippen LogP contribution in [-0.2, 0) is 9.47 Å². The molecule has 0 spiro atoms. The molecule has 4 heteroatoms. The fourth-order valence-corrected chi connectivity index (χ4v) is 0.631. The van der Waals surface area contributed by atoms with E-state index in [1.165, 1.54) is 7.11 Å². The molecule has 0 aromatic rings. The number of hydrogen-bond donors (Lipinski definition) is 1. The van der Waals surface area contributed by atoms with Gasteiger partial charge in [0.15, 0.2) is 6.23 Å². The quantitative estimate of drug-likeness (QED) is 0.390. The second-order valence-corrected chi connectivity index (χ2v) is 2.07. The smallest absolute Gasteiger partial charge is 0.210 e. The Hall–Kier alpha value is -0.870. The van der Waals surface area contributed by atoms with Crippen LogP contribution >= 0.6 is 0 Å². The lowest BCUT2D eigenvalue weighted by Gasteiger charge is -2.06. The number of rotatable bonds is 4. The van der Waals surface area contributed by atoms with Crippen molar-refractivity contribution in [3.63, 3.8) is 0 Å². The van der Waals surface area contributed by atoms with Gasteiger partial charge in [0, 0.05) is 0 Å². The molecule has 1 atom stereocenters. The molecule has 0 saturated heterocycles. The zero-order valence-corrected chi connectivity index (χ0v) is 7.65. The van der Waals surface area contributed by atoms with Crippen molar-refractivity contribution in [2.45, 2.75) is 20.1 Å². The van der Waals surface area contributed by atoms with E-state index in [0.29, 0.717) is 5.90 Å². The van der Waals surface area contributed by atoms with Crippen LogP contribution in [0.25, 0.3) is 0 Å². The molecule has 0 aromatic carbocycles. The van der Waals surface area contributed by atoms with E-state index >= 15 is 0 Å². The summed E-state index contributed by atoms with van der Waals surface area (Å²) in [7, 11) is 1.53. The Labute approximate surface area is 72.5 Å². The first kappa shape index (κ1) is 11.1. The average Bonchev–Trinajstić information content (AvgIpc) is 2.04. The summed E-state index contributed by atoms with van der Waals surface area (Å²) in [4.78, 5) is 4.00. The zero-order chi connectivity index (χ0) is 9.40. The summed E-state index contributed by atoms with van der Waals surface area (Å²) < 4.78 is 9.68. The lowest BCUT2D eigenvalue weighted by Crippen LogP contribution is -2.10. The molecule has 12 heavy (non-hydrogen) atoms. The van der Waals surface area contributed by atoms with Crippen molar-refractivity contribution in [2.24, 2.45) is 4.99 Å². The summed E-state index contributed by atoms with van der Waals surface area (Å²) in [6.07, 6.45) is 3.15. The molecule has 0 heterocycles. The molecule has 0 fully saturated rings. The van der Waals surface area contributed by atoms with E-state index in [0.717, 1.165) is 0 Å². The van der Waals surface area contributed by atoms with Gasteiger partial charge in [-0.15, -0.1) is 0 Å². The Morgan fingerprint density at radius 3 is 2.75 bits per heavy atom. The van der Waals surface area contributed by atoms with Crippen LogP contribution in [-0.4, -0.2) is 31.1 Å². The fourth-order valence-electron chi connectivity index (χ4n) is 0.631. The normalized spacial score (nSPS) is 15.2. The lowest BCUT2D eigenvalue weighted by molar-refractivity contribution is -0.0390. The number of aliphatic hydroxyl groups is 1. The molecule has 0 amide bonds. The second kappa shape index (κ2) is 6.82. The van der Waals surface area contributed by atoms with Crippen molar-refractivity contribution in [3.8, 4) is 0 Å². The van der Waals surface area contributed by atoms with Crippen LogP contribution in [0.2, 0.25) is 0 Å². The number of aliphatic imine (C=N–C) groups is 1. The minimum absolute atomic E-state index is 0.336. The maximum Gasteiger partial charge on any atom is 0.210 e. The van der Waals surface area contributed by atoms with Crippen LogP contribution in [0.15, 0.2) is 17.1 Å². The Morgan fingerprint density at radius 1 is 1.67 bits per heavy atom. The first-order chi connectivity index (χ1) is 5.74. The number of ether oxygens (including phenoxy) is 2. The van der Waals surface area contributed by atoms with Gasteiger partial charge in [0.25, 0.3) is 0 Å². The van der Waals surface area contributed by atoms with Crippen LogP contribution in [0.1, 0.15) is 13.8 Å². The van der Waals surface area contributed by atoms with E-state index in [1.807, 2.05) is 13.0 Å². The summed E-state index contributed by atoms with van der Waals surface area (Å²) >= 11 is 0. The Morgan fingerprint density at radius 2 is 2.33 bits per heavy atom. The van der Waals surface area contributed by atoms with Gasteiger partial charge >= 0.3 is 0 Å². The number of methoxy groups -OCH3 is 1. The molecule has 0 aromatic heterocycles. The minimum atomic E-state index is -0.388. The molecule has 1 N–H and O–H groups in total. The number of hydrogen-bond acceptors (Lipinski definition) is 4. The first-order valence-electron chi connectivity index (χ1n) is 3.71. The Bertz CT molecular complexity index is 166. The zero-order valence-electron chi connectivity index (χ0n) is 7.65. The molecule has 0 rings (SSSR count). The number of nitrogens with zero attached hydrogens (tertiary/aromatic N) is 1. The molecule has 4 nitrogen and oxygen atoms in total. The third-order valence-electron chi connectivity index (χ3n) is 1.14. The highest BCUT2D eigenvalue weighted by molar-refractivity contribution is 5.87. The minimum Gasteiger partial charge on any atom is -0.481 e. The molecule has 0 radical (unpaired) electrons. The Kier molecular flexibility index (Phi) is 6.32. The molecule has 0 bridgehead atoms. The molecular formula is C8H15NO3. The van der Waals surface area contributed by atoms with Gasteiger partial charge in [-0.3, -0.25) is 0 Å². The van der Waals surface area contributed by atoms with Gasteiger partial charge in [-0.2, -0.15) is 0 Å². The van der Waals surface area contributed by atoms with E-state index < -0.39 is 0 Å². The van der Waals surface area contributed by atoms with Crippen LogP contribution in [0, 0.1) is 0 Å². The third-order valence-corrected chi connectivity index (χ3v) is 1.14. The monoisotopic (exact) mass is 173 g/mol. The average molecular weight is 173 g/mol. The van der Waals surface area contributed by atoms with Crippen LogP contribution in [0.3, 0.4) is 0 Å². The van der Waals surface area contributed by atoms with Gasteiger partial charge in [-0.25, -0.2) is 4.99 Å². The summed E-state index contributed by atoms with van der Waals surface area (Å²) in [6, 6.07) is 0. The van der Waals surface area contributed by atoms with Crippen molar-refractivity contribution in [1.29, 1.82) is 0 Å².